The van der Waals surface area contributed by atoms with Crippen molar-refractivity contribution in [2.45, 2.75) is 88.9 Å². The summed E-state index contributed by atoms with van der Waals surface area (Å²) in [5.41, 5.74) is 18.5. The third-order valence-corrected chi connectivity index (χ3v) is 16.3. The largest absolute Gasteiger partial charge is 0.310 e. The van der Waals surface area contributed by atoms with Crippen molar-refractivity contribution in [2.75, 3.05) is 4.90 Å². The van der Waals surface area contributed by atoms with Gasteiger partial charge in [-0.05, 0) is 177 Å². The van der Waals surface area contributed by atoms with Crippen LogP contribution in [0.1, 0.15) is 94.9 Å². The molecule has 292 valence electrons. The van der Waals surface area contributed by atoms with E-state index < -0.39 is 0 Å². The molecule has 0 heterocycles. The number of rotatable bonds is 5. The second kappa shape index (κ2) is 12.8. The Kier molecular flexibility index (Phi) is 7.71. The van der Waals surface area contributed by atoms with Gasteiger partial charge in [0, 0.05) is 22.4 Å². The van der Waals surface area contributed by atoms with E-state index in [0.717, 1.165) is 23.7 Å². The minimum atomic E-state index is 0.123. The molecule has 1 nitrogen and oxygen atoms in total. The van der Waals surface area contributed by atoms with Crippen LogP contribution in [0, 0.1) is 23.7 Å². The molecular formula is C58H55N. The Labute approximate surface area is 351 Å². The number of hydrogen-bond acceptors (Lipinski definition) is 1. The number of fused-ring (bicyclic) bond motifs is 5. The minimum Gasteiger partial charge on any atom is -0.310 e. The first-order valence-corrected chi connectivity index (χ1v) is 22.6. The molecule has 59 heavy (non-hydrogen) atoms. The summed E-state index contributed by atoms with van der Waals surface area (Å²) in [5.74, 6) is 3.31. The fraction of sp³-hybridized carbons (Fsp3) is 0.310. The predicted octanol–water partition coefficient (Wildman–Crippen LogP) is 15.7. The Bertz CT molecular complexity index is 2750. The van der Waals surface area contributed by atoms with Gasteiger partial charge in [0.05, 0.1) is 5.69 Å². The lowest BCUT2D eigenvalue weighted by molar-refractivity contribution is -0.0399. The van der Waals surface area contributed by atoms with Gasteiger partial charge in [-0.3, -0.25) is 0 Å². The van der Waals surface area contributed by atoms with Gasteiger partial charge in [-0.1, -0.05) is 143 Å². The third-order valence-electron chi connectivity index (χ3n) is 16.3. The van der Waals surface area contributed by atoms with Crippen LogP contribution in [0.5, 0.6) is 0 Å². The Morgan fingerprint density at radius 2 is 1.00 bits per heavy atom. The van der Waals surface area contributed by atoms with Crippen molar-refractivity contribution in [1.29, 1.82) is 0 Å². The summed E-state index contributed by atoms with van der Waals surface area (Å²) in [6.07, 6.45) is 9.46. The van der Waals surface area contributed by atoms with Crippen molar-refractivity contribution in [3.63, 3.8) is 0 Å². The van der Waals surface area contributed by atoms with E-state index >= 15 is 0 Å². The number of nitrogens with zero attached hydrogens (tertiary/aromatic N) is 1. The highest BCUT2D eigenvalue weighted by Crippen LogP contribution is 2.70. The lowest BCUT2D eigenvalue weighted by Crippen LogP contribution is -2.55. The van der Waals surface area contributed by atoms with Crippen LogP contribution in [-0.4, -0.2) is 0 Å². The lowest BCUT2D eigenvalue weighted by Gasteiger charge is -2.61. The first-order valence-electron chi connectivity index (χ1n) is 22.6. The molecule has 4 fully saturated rings. The van der Waals surface area contributed by atoms with Crippen molar-refractivity contribution in [3.8, 4) is 33.4 Å². The molecule has 6 aliphatic rings. The number of hydrogen-bond donors (Lipinski definition) is 0. The molecule has 1 heteroatoms. The van der Waals surface area contributed by atoms with E-state index in [4.69, 9.17) is 0 Å². The number of anilines is 3. The van der Waals surface area contributed by atoms with E-state index in [0.29, 0.717) is 0 Å². The monoisotopic (exact) mass is 765 g/mol. The quantitative estimate of drug-likeness (QED) is 0.169. The van der Waals surface area contributed by atoms with Gasteiger partial charge in [0.1, 0.15) is 0 Å². The van der Waals surface area contributed by atoms with Crippen LogP contribution in [0.3, 0.4) is 0 Å². The van der Waals surface area contributed by atoms with Gasteiger partial charge in [0.15, 0.2) is 0 Å². The zero-order valence-corrected chi connectivity index (χ0v) is 35.1. The average molecular weight is 766 g/mol. The molecule has 4 bridgehead atoms. The summed E-state index contributed by atoms with van der Waals surface area (Å²) in [7, 11) is 0. The van der Waals surface area contributed by atoms with Crippen molar-refractivity contribution in [3.05, 3.63) is 174 Å². The fourth-order valence-electron chi connectivity index (χ4n) is 13.7. The van der Waals surface area contributed by atoms with Crippen LogP contribution in [0.4, 0.5) is 17.1 Å². The molecule has 0 atom stereocenters. The zero-order valence-electron chi connectivity index (χ0n) is 35.1. The molecule has 6 aliphatic carbocycles. The van der Waals surface area contributed by atoms with Crippen molar-refractivity contribution >= 4 is 27.8 Å². The Hall–Kier alpha value is -5.40. The van der Waals surface area contributed by atoms with E-state index in [-0.39, 0.29) is 16.2 Å². The summed E-state index contributed by atoms with van der Waals surface area (Å²) in [4.78, 5) is 2.58. The average Bonchev–Trinajstić information content (AvgIpc) is 3.56. The van der Waals surface area contributed by atoms with Gasteiger partial charge in [0.25, 0.3) is 0 Å². The van der Waals surface area contributed by atoms with E-state index in [1.165, 1.54) is 117 Å². The molecular weight excluding hydrogens is 711 g/mol. The second-order valence-electron chi connectivity index (χ2n) is 20.4. The summed E-state index contributed by atoms with van der Waals surface area (Å²) in [6.45, 7) is 9.76. The summed E-state index contributed by atoms with van der Waals surface area (Å²) in [6, 6.07) is 58.4. The first kappa shape index (κ1) is 35.5. The zero-order chi connectivity index (χ0) is 39.7. The normalized spacial score (nSPS) is 25.2. The molecule has 13 rings (SSSR count). The summed E-state index contributed by atoms with van der Waals surface area (Å²) in [5, 5.41) is 2.56. The Balaban J connectivity index is 1.02. The highest BCUT2D eigenvalue weighted by Gasteiger charge is 2.62. The van der Waals surface area contributed by atoms with E-state index in [2.05, 4.69) is 184 Å². The molecule has 1 spiro atoms. The highest BCUT2D eigenvalue weighted by atomic mass is 15.1. The van der Waals surface area contributed by atoms with Crippen molar-refractivity contribution < 1.29 is 0 Å². The third kappa shape index (κ3) is 5.22. The Morgan fingerprint density at radius 1 is 0.441 bits per heavy atom. The second-order valence-corrected chi connectivity index (χ2v) is 20.4. The molecule has 0 aromatic heterocycles. The molecule has 0 saturated heterocycles. The highest BCUT2D eigenvalue weighted by molar-refractivity contribution is 5.96. The van der Waals surface area contributed by atoms with Crippen LogP contribution in [0.15, 0.2) is 152 Å². The molecule has 0 radical (unpaired) electrons. The standard InChI is InChI=1S/C58H55N/c1-56(2)29-30-57(3,4)55-48(14-9-17-52(55)56)41-23-27-47(28-24-41)59(46-25-21-40(22-26-46)43-20-19-39-11-5-6-12-42(39)36-43)53-18-10-16-51-54(53)49-13-7-8-15-50(49)58(51)44-32-37-31-38(34-44)35-45(58)33-37/h5-28,36-38,44-45H,29-35H2,1-4H3. The maximum absolute atomic E-state index is 2.58. The molecule has 7 aromatic carbocycles. The predicted molar refractivity (Wildman–Crippen MR) is 248 cm³/mol. The van der Waals surface area contributed by atoms with Gasteiger partial charge in [-0.25, -0.2) is 0 Å². The molecule has 0 amide bonds. The Morgan fingerprint density at radius 3 is 1.73 bits per heavy atom. The van der Waals surface area contributed by atoms with E-state index in [1.54, 1.807) is 11.1 Å². The van der Waals surface area contributed by atoms with Crippen LogP contribution in [0.2, 0.25) is 0 Å². The van der Waals surface area contributed by atoms with Crippen LogP contribution in [-0.2, 0) is 16.2 Å². The lowest BCUT2D eigenvalue weighted by atomic mass is 9.43. The molecule has 0 unspecified atom stereocenters. The first-order chi connectivity index (χ1) is 28.7. The van der Waals surface area contributed by atoms with Crippen molar-refractivity contribution in [1.82, 2.24) is 0 Å². The van der Waals surface area contributed by atoms with Gasteiger partial charge in [-0.2, -0.15) is 0 Å². The maximum Gasteiger partial charge on any atom is 0.0543 e. The minimum absolute atomic E-state index is 0.123. The van der Waals surface area contributed by atoms with Gasteiger partial charge >= 0.3 is 0 Å². The fourth-order valence-corrected chi connectivity index (χ4v) is 13.7. The van der Waals surface area contributed by atoms with Gasteiger partial charge in [0.2, 0.25) is 0 Å². The molecule has 0 N–H and O–H groups in total. The molecule has 0 aliphatic heterocycles. The molecule has 4 saturated carbocycles. The van der Waals surface area contributed by atoms with Crippen LogP contribution in [0.25, 0.3) is 44.2 Å². The topological polar surface area (TPSA) is 3.24 Å². The maximum atomic E-state index is 2.58. The van der Waals surface area contributed by atoms with E-state index in [9.17, 15) is 0 Å². The summed E-state index contributed by atoms with van der Waals surface area (Å²) < 4.78 is 0. The summed E-state index contributed by atoms with van der Waals surface area (Å²) >= 11 is 0. The van der Waals surface area contributed by atoms with Gasteiger partial charge < -0.3 is 4.90 Å². The smallest absolute Gasteiger partial charge is 0.0543 e. The van der Waals surface area contributed by atoms with Crippen LogP contribution >= 0.6 is 0 Å². The van der Waals surface area contributed by atoms with Crippen molar-refractivity contribution in [2.24, 2.45) is 23.7 Å². The van der Waals surface area contributed by atoms with Gasteiger partial charge in [-0.15, -0.1) is 0 Å². The van der Waals surface area contributed by atoms with E-state index in [1.807, 2.05) is 0 Å². The SMILES string of the molecule is CC1(C)CCC(C)(C)c2c(-c3ccc(N(c4ccc(-c5ccc6ccccc6c5)cc4)c4cccc5c4-c4ccccc4C54C5CC6CC(C5)CC4C6)cc3)cccc21. The molecule has 7 aromatic rings. The van der Waals surface area contributed by atoms with Crippen LogP contribution < -0.4 is 4.90 Å². The number of benzene rings is 7.